The van der Waals surface area contributed by atoms with Crippen LogP contribution in [0.5, 0.6) is 0 Å². The average molecular weight is 266 g/mol. The molecule has 0 atom stereocenters. The third-order valence-electron chi connectivity index (χ3n) is 2.08. The molecule has 0 N–H and O–H groups in total. The van der Waals surface area contributed by atoms with E-state index in [1.165, 1.54) is 11.3 Å². The van der Waals surface area contributed by atoms with Crippen molar-refractivity contribution >= 4 is 5.91 Å². The summed E-state index contributed by atoms with van der Waals surface area (Å²) in [5.41, 5.74) is 1.66. The third-order valence-corrected chi connectivity index (χ3v) is 2.08. The van der Waals surface area contributed by atoms with Crippen LogP contribution in [0.1, 0.15) is 69.9 Å². The van der Waals surface area contributed by atoms with Crippen molar-refractivity contribution < 1.29 is 4.79 Å². The molecule has 1 amide bonds. The molecule has 1 rings (SSSR count). The molecule has 0 bridgehead atoms. The number of rotatable bonds is 2. The van der Waals surface area contributed by atoms with Crippen molar-refractivity contribution in [1.82, 2.24) is 9.88 Å². The number of carbonyl (C=O) groups is 1. The zero-order valence-corrected chi connectivity index (χ0v) is 13.8. The van der Waals surface area contributed by atoms with Crippen LogP contribution in [0, 0.1) is 0 Å². The van der Waals surface area contributed by atoms with Crippen LogP contribution in [0.15, 0.2) is 18.3 Å². The lowest BCUT2D eigenvalue weighted by atomic mass is 10.0. The molecule has 110 valence electrons. The zero-order chi connectivity index (χ0) is 15.4. The van der Waals surface area contributed by atoms with Crippen molar-refractivity contribution in [2.24, 2.45) is 0 Å². The summed E-state index contributed by atoms with van der Waals surface area (Å²) in [7, 11) is 3.46. The summed E-state index contributed by atoms with van der Waals surface area (Å²) in [5.74, 6) is 0.374. The molecule has 0 aliphatic rings. The first-order valence-electron chi connectivity index (χ1n) is 7.11. The molecule has 0 saturated carbocycles. The number of nitrogens with zero attached hydrogens (tertiary/aromatic N) is 2. The lowest BCUT2D eigenvalue weighted by Crippen LogP contribution is -2.22. The van der Waals surface area contributed by atoms with E-state index in [9.17, 15) is 4.79 Å². The van der Waals surface area contributed by atoms with E-state index in [0.29, 0.717) is 11.6 Å². The van der Waals surface area contributed by atoms with E-state index >= 15 is 0 Å². The van der Waals surface area contributed by atoms with Gasteiger partial charge < -0.3 is 4.90 Å². The molecule has 0 unspecified atom stereocenters. The summed E-state index contributed by atoms with van der Waals surface area (Å²) in [4.78, 5) is 17.2. The van der Waals surface area contributed by atoms with Gasteiger partial charge in [0, 0.05) is 20.3 Å². The summed E-state index contributed by atoms with van der Waals surface area (Å²) >= 11 is 0. The van der Waals surface area contributed by atoms with E-state index in [4.69, 9.17) is 0 Å². The summed E-state index contributed by atoms with van der Waals surface area (Å²) in [6.07, 6.45) is 2.94. The number of hydrogen-bond acceptors (Lipinski definition) is 2. The van der Waals surface area contributed by atoms with Gasteiger partial charge in [-0.15, -0.1) is 0 Å². The molecular formula is C16H30N2O. The highest BCUT2D eigenvalue weighted by Gasteiger charge is 2.10. The molecular weight excluding hydrogens is 236 g/mol. The van der Waals surface area contributed by atoms with E-state index < -0.39 is 0 Å². The monoisotopic (exact) mass is 266 g/mol. The molecule has 0 aliphatic carbocycles. The lowest BCUT2D eigenvalue weighted by molar-refractivity contribution is 0.0822. The molecule has 0 radical (unpaired) electrons. The molecule has 0 aliphatic heterocycles. The van der Waals surface area contributed by atoms with E-state index in [1.54, 1.807) is 20.3 Å². The van der Waals surface area contributed by atoms with Gasteiger partial charge in [0.15, 0.2) is 0 Å². The fraction of sp³-hybridized carbons (Fsp3) is 0.625. The Morgan fingerprint density at radius 3 is 2.11 bits per heavy atom. The van der Waals surface area contributed by atoms with Crippen LogP contribution in [0.3, 0.4) is 0 Å². The minimum atomic E-state index is -0.0486. The van der Waals surface area contributed by atoms with Crippen LogP contribution >= 0.6 is 0 Å². The van der Waals surface area contributed by atoms with E-state index in [2.05, 4.69) is 32.7 Å². The first kappa shape index (κ1) is 19.9. The highest BCUT2D eigenvalue weighted by atomic mass is 16.2. The van der Waals surface area contributed by atoms with E-state index in [1.807, 2.05) is 26.0 Å². The Labute approximate surface area is 119 Å². The molecule has 19 heavy (non-hydrogen) atoms. The van der Waals surface area contributed by atoms with Gasteiger partial charge in [-0.2, -0.15) is 0 Å². The lowest BCUT2D eigenvalue weighted by Gasteiger charge is -2.11. The maximum atomic E-state index is 11.6. The van der Waals surface area contributed by atoms with Crippen LogP contribution in [0.25, 0.3) is 0 Å². The third kappa shape index (κ3) is 8.36. The fourth-order valence-corrected chi connectivity index (χ4v) is 1.15. The van der Waals surface area contributed by atoms with Gasteiger partial charge in [-0.3, -0.25) is 9.78 Å². The molecule has 0 aromatic carbocycles. The Hall–Kier alpha value is -1.38. The first-order chi connectivity index (χ1) is 8.93. The molecule has 0 saturated heterocycles. The van der Waals surface area contributed by atoms with Crippen molar-refractivity contribution in [2.45, 2.75) is 53.9 Å². The van der Waals surface area contributed by atoms with Crippen LogP contribution in [0.2, 0.25) is 0 Å². The van der Waals surface area contributed by atoms with Crippen LogP contribution < -0.4 is 0 Å². The van der Waals surface area contributed by atoms with Crippen LogP contribution in [0.4, 0.5) is 0 Å². The Morgan fingerprint density at radius 1 is 1.26 bits per heavy atom. The smallest absolute Gasteiger partial charge is 0.271 e. The SMILES string of the molecule is CC.CC(C)c1ccnc(C(=O)N(C)C)c1.CCC. The number of pyridine rings is 1. The largest absolute Gasteiger partial charge is 0.343 e. The second-order valence-electron chi connectivity index (χ2n) is 4.54. The number of aromatic nitrogens is 1. The van der Waals surface area contributed by atoms with Crippen molar-refractivity contribution in [1.29, 1.82) is 0 Å². The zero-order valence-electron chi connectivity index (χ0n) is 13.8. The minimum absolute atomic E-state index is 0.0486. The predicted molar refractivity (Wildman–Crippen MR) is 83.7 cm³/mol. The van der Waals surface area contributed by atoms with Crippen LogP contribution in [-0.4, -0.2) is 29.9 Å². The van der Waals surface area contributed by atoms with Crippen molar-refractivity contribution in [3.8, 4) is 0 Å². The molecule has 3 nitrogen and oxygen atoms in total. The normalized spacial score (nSPS) is 8.89. The second kappa shape index (κ2) is 11.7. The fourth-order valence-electron chi connectivity index (χ4n) is 1.15. The topological polar surface area (TPSA) is 33.2 Å². The number of carbonyl (C=O) groups excluding carboxylic acids is 1. The summed E-state index contributed by atoms with van der Waals surface area (Å²) < 4.78 is 0. The van der Waals surface area contributed by atoms with E-state index in [-0.39, 0.29) is 5.91 Å². The summed E-state index contributed by atoms with van der Waals surface area (Å²) in [6, 6.07) is 3.80. The highest BCUT2D eigenvalue weighted by Crippen LogP contribution is 2.14. The van der Waals surface area contributed by atoms with Gasteiger partial charge in [-0.1, -0.05) is 48.0 Å². The second-order valence-corrected chi connectivity index (χ2v) is 4.54. The summed E-state index contributed by atoms with van der Waals surface area (Å²) in [6.45, 7) is 12.4. The van der Waals surface area contributed by atoms with Gasteiger partial charge >= 0.3 is 0 Å². The standard InChI is InChI=1S/C11H16N2O.C3H8.C2H6/c1-8(2)9-5-6-12-10(7-9)11(14)13(3)4;1-3-2;1-2/h5-8H,1-4H3;3H2,1-2H3;1-2H3. The van der Waals surface area contributed by atoms with Crippen molar-refractivity contribution in [2.75, 3.05) is 14.1 Å². The molecule has 1 aromatic rings. The van der Waals surface area contributed by atoms with Gasteiger partial charge in [-0.05, 0) is 23.6 Å². The van der Waals surface area contributed by atoms with Gasteiger partial charge in [0.05, 0.1) is 0 Å². The minimum Gasteiger partial charge on any atom is -0.343 e. The average Bonchev–Trinajstić information content (AvgIpc) is 2.41. The molecule has 3 heteroatoms. The maximum absolute atomic E-state index is 11.6. The molecule has 1 heterocycles. The number of hydrogen-bond donors (Lipinski definition) is 0. The Balaban J connectivity index is 0. The highest BCUT2D eigenvalue weighted by molar-refractivity contribution is 5.92. The van der Waals surface area contributed by atoms with Crippen molar-refractivity contribution in [3.63, 3.8) is 0 Å². The van der Waals surface area contributed by atoms with Gasteiger partial charge in [0.1, 0.15) is 5.69 Å². The molecule has 0 spiro atoms. The quantitative estimate of drug-likeness (QED) is 0.797. The van der Waals surface area contributed by atoms with Gasteiger partial charge in [0.25, 0.3) is 5.91 Å². The number of amides is 1. The van der Waals surface area contributed by atoms with Crippen molar-refractivity contribution in [3.05, 3.63) is 29.6 Å². The molecule has 0 fully saturated rings. The predicted octanol–water partition coefficient (Wildman–Crippen LogP) is 4.35. The van der Waals surface area contributed by atoms with Crippen LogP contribution in [-0.2, 0) is 0 Å². The molecule has 1 aromatic heterocycles. The first-order valence-corrected chi connectivity index (χ1v) is 7.11. The Morgan fingerprint density at radius 2 is 1.74 bits per heavy atom. The Bertz CT molecular complexity index is 346. The maximum Gasteiger partial charge on any atom is 0.271 e. The summed E-state index contributed by atoms with van der Waals surface area (Å²) in [5, 5.41) is 0. The van der Waals surface area contributed by atoms with Gasteiger partial charge in [-0.25, -0.2) is 0 Å². The van der Waals surface area contributed by atoms with E-state index in [0.717, 1.165) is 5.56 Å². The Kier molecular flexibility index (Phi) is 12.3. The van der Waals surface area contributed by atoms with Gasteiger partial charge in [0.2, 0.25) is 0 Å².